The molecular weight excluding hydrogens is 535 g/mol. The second-order valence-electron chi connectivity index (χ2n) is 9.97. The number of carbonyl (C=O) groups excluding carboxylic acids is 2. The molecule has 0 saturated heterocycles. The van der Waals surface area contributed by atoms with Gasteiger partial charge in [0.2, 0.25) is 5.91 Å². The van der Waals surface area contributed by atoms with Crippen molar-refractivity contribution >= 4 is 46.7 Å². The van der Waals surface area contributed by atoms with E-state index in [1.54, 1.807) is 30.3 Å². The Morgan fingerprint density at radius 2 is 1.56 bits per heavy atom. The summed E-state index contributed by atoms with van der Waals surface area (Å²) < 4.78 is 0. The van der Waals surface area contributed by atoms with Crippen molar-refractivity contribution in [1.82, 2.24) is 5.32 Å². The molecule has 1 aliphatic carbocycles. The number of aliphatic carboxylic acids is 1. The van der Waals surface area contributed by atoms with Crippen LogP contribution in [0, 0.1) is 0 Å². The highest BCUT2D eigenvalue weighted by Gasteiger charge is 2.23. The van der Waals surface area contributed by atoms with Gasteiger partial charge in [0.1, 0.15) is 0 Å². The van der Waals surface area contributed by atoms with E-state index in [1.165, 1.54) is 37.7 Å². The van der Waals surface area contributed by atoms with Gasteiger partial charge in [-0.1, -0.05) is 78.9 Å². The Morgan fingerprint density at radius 3 is 2.21 bits per heavy atom. The summed E-state index contributed by atoms with van der Waals surface area (Å²) in [5.74, 6) is -1.38. The van der Waals surface area contributed by atoms with Crippen LogP contribution in [0.25, 0.3) is 0 Å². The lowest BCUT2D eigenvalue weighted by Gasteiger charge is -2.23. The third kappa shape index (κ3) is 8.07. The van der Waals surface area contributed by atoms with Gasteiger partial charge in [0.15, 0.2) is 0 Å². The smallest absolute Gasteiger partial charge is 0.305 e. The molecule has 0 bridgehead atoms. The van der Waals surface area contributed by atoms with Gasteiger partial charge in [0.25, 0.3) is 5.91 Å². The first-order valence-electron chi connectivity index (χ1n) is 13.2. The molecule has 3 aromatic carbocycles. The summed E-state index contributed by atoms with van der Waals surface area (Å²) in [4.78, 5) is 36.6. The van der Waals surface area contributed by atoms with Crippen molar-refractivity contribution in [2.75, 3.05) is 11.9 Å². The van der Waals surface area contributed by atoms with Crippen LogP contribution in [0.5, 0.6) is 0 Å². The number of hydrogen-bond donors (Lipinski definition) is 3. The molecule has 1 atom stereocenters. The average molecular weight is 568 g/mol. The number of carboxylic acid groups (broad SMARTS) is 1. The monoisotopic (exact) mass is 566 g/mol. The molecule has 1 unspecified atom stereocenters. The molecule has 204 valence electrons. The van der Waals surface area contributed by atoms with E-state index in [4.69, 9.17) is 28.3 Å². The van der Waals surface area contributed by atoms with Gasteiger partial charge >= 0.3 is 5.97 Å². The van der Waals surface area contributed by atoms with E-state index in [-0.39, 0.29) is 24.8 Å². The number of anilines is 1. The number of carbonyl (C=O) groups is 3. The van der Waals surface area contributed by atoms with Gasteiger partial charge in [0.05, 0.1) is 22.4 Å². The fourth-order valence-electron chi connectivity index (χ4n) is 5.01. The zero-order valence-electron chi connectivity index (χ0n) is 21.6. The Hall–Kier alpha value is -3.35. The molecule has 0 spiro atoms. The molecule has 8 heteroatoms. The maximum absolute atomic E-state index is 13.5. The van der Waals surface area contributed by atoms with E-state index in [0.29, 0.717) is 33.6 Å². The van der Waals surface area contributed by atoms with Crippen LogP contribution in [-0.2, 0) is 16.0 Å². The number of rotatable bonds is 10. The van der Waals surface area contributed by atoms with E-state index >= 15 is 0 Å². The van der Waals surface area contributed by atoms with Crippen LogP contribution in [-0.4, -0.2) is 29.4 Å². The molecule has 3 aromatic rings. The van der Waals surface area contributed by atoms with Gasteiger partial charge in [-0.15, -0.1) is 0 Å². The zero-order valence-corrected chi connectivity index (χ0v) is 23.1. The lowest BCUT2D eigenvalue weighted by molar-refractivity contribution is -0.136. The summed E-state index contributed by atoms with van der Waals surface area (Å²) in [6, 6.07) is 20.4. The van der Waals surface area contributed by atoms with Crippen molar-refractivity contribution in [2.24, 2.45) is 0 Å². The van der Waals surface area contributed by atoms with E-state index in [1.807, 2.05) is 24.3 Å². The summed E-state index contributed by atoms with van der Waals surface area (Å²) in [7, 11) is 0. The number of halogens is 2. The largest absolute Gasteiger partial charge is 0.481 e. The lowest BCUT2D eigenvalue weighted by atomic mass is 9.83. The van der Waals surface area contributed by atoms with Crippen molar-refractivity contribution in [2.45, 2.75) is 56.8 Å². The summed E-state index contributed by atoms with van der Waals surface area (Å²) in [5.41, 5.74) is 4.11. The highest BCUT2D eigenvalue weighted by molar-refractivity contribution is 6.42. The van der Waals surface area contributed by atoms with Crippen LogP contribution >= 0.6 is 23.2 Å². The van der Waals surface area contributed by atoms with E-state index in [9.17, 15) is 14.4 Å². The SMILES string of the molecule is O=C(O)CCNC(=O)c1ccc(CC(C(=O)Nc2ccc(Cl)c(Cl)c2)c2ccc(C3CCCCC3)cc2)cc1. The molecule has 1 fully saturated rings. The fourth-order valence-corrected chi connectivity index (χ4v) is 5.31. The highest BCUT2D eigenvalue weighted by atomic mass is 35.5. The normalized spacial score (nSPS) is 14.4. The number of hydrogen-bond acceptors (Lipinski definition) is 3. The molecule has 1 saturated carbocycles. The second kappa shape index (κ2) is 13.6. The Balaban J connectivity index is 1.52. The fraction of sp³-hybridized carbons (Fsp3) is 0.323. The van der Waals surface area contributed by atoms with Crippen molar-refractivity contribution in [3.63, 3.8) is 0 Å². The predicted octanol–water partition coefficient (Wildman–Crippen LogP) is 7.21. The average Bonchev–Trinajstić information content (AvgIpc) is 2.94. The summed E-state index contributed by atoms with van der Waals surface area (Å²) in [5, 5.41) is 15.1. The lowest BCUT2D eigenvalue weighted by Crippen LogP contribution is -2.26. The van der Waals surface area contributed by atoms with Crippen LogP contribution in [0.2, 0.25) is 10.0 Å². The van der Waals surface area contributed by atoms with E-state index in [0.717, 1.165) is 11.1 Å². The maximum Gasteiger partial charge on any atom is 0.305 e. The minimum Gasteiger partial charge on any atom is -0.481 e. The summed E-state index contributed by atoms with van der Waals surface area (Å²) in [6.45, 7) is 0.0593. The third-order valence-electron chi connectivity index (χ3n) is 7.20. The van der Waals surface area contributed by atoms with Gasteiger partial charge in [-0.25, -0.2) is 0 Å². The Bertz CT molecular complexity index is 1300. The maximum atomic E-state index is 13.5. The number of benzene rings is 3. The van der Waals surface area contributed by atoms with E-state index in [2.05, 4.69) is 22.8 Å². The van der Waals surface area contributed by atoms with E-state index < -0.39 is 11.9 Å². The van der Waals surface area contributed by atoms with Gasteiger partial charge in [-0.2, -0.15) is 0 Å². The van der Waals surface area contributed by atoms with Crippen LogP contribution in [0.1, 0.15) is 77.4 Å². The molecule has 0 radical (unpaired) electrons. The van der Waals surface area contributed by atoms with Gasteiger partial charge in [0, 0.05) is 17.8 Å². The van der Waals surface area contributed by atoms with Gasteiger partial charge < -0.3 is 15.7 Å². The first-order valence-corrected chi connectivity index (χ1v) is 14.0. The number of nitrogens with one attached hydrogen (secondary N) is 2. The molecule has 1 aliphatic rings. The first-order chi connectivity index (χ1) is 18.8. The quantitative estimate of drug-likeness (QED) is 0.241. The highest BCUT2D eigenvalue weighted by Crippen LogP contribution is 2.34. The molecular formula is C31H32Cl2N2O4. The zero-order chi connectivity index (χ0) is 27.8. The first kappa shape index (κ1) is 28.7. The third-order valence-corrected chi connectivity index (χ3v) is 7.94. The molecule has 3 N–H and O–H groups in total. The molecule has 0 heterocycles. The summed E-state index contributed by atoms with van der Waals surface area (Å²) >= 11 is 12.2. The Kier molecular flexibility index (Phi) is 10.0. The Morgan fingerprint density at radius 1 is 0.872 bits per heavy atom. The minimum atomic E-state index is -0.970. The molecule has 0 aromatic heterocycles. The predicted molar refractivity (Wildman–Crippen MR) is 155 cm³/mol. The van der Waals surface area contributed by atoms with Crippen LogP contribution in [0.15, 0.2) is 66.7 Å². The van der Waals surface area contributed by atoms with Crippen LogP contribution in [0.3, 0.4) is 0 Å². The van der Waals surface area contributed by atoms with Crippen LogP contribution in [0.4, 0.5) is 5.69 Å². The number of amides is 2. The standard InChI is InChI=1S/C31H32Cl2N2O4/c32-27-15-14-25(19-28(27)33)35-31(39)26(23-12-10-22(11-13-23)21-4-2-1-3-5-21)18-20-6-8-24(9-7-20)30(38)34-17-16-29(36)37/h6-15,19,21,26H,1-5,16-18H2,(H,34,38)(H,35,39)(H,36,37). The topological polar surface area (TPSA) is 95.5 Å². The molecule has 6 nitrogen and oxygen atoms in total. The molecule has 39 heavy (non-hydrogen) atoms. The molecule has 0 aliphatic heterocycles. The molecule has 4 rings (SSSR count). The summed E-state index contributed by atoms with van der Waals surface area (Å²) in [6.07, 6.45) is 6.52. The van der Waals surface area contributed by atoms with Gasteiger partial charge in [-0.3, -0.25) is 14.4 Å². The van der Waals surface area contributed by atoms with Crippen molar-refractivity contribution < 1.29 is 19.5 Å². The van der Waals surface area contributed by atoms with Crippen molar-refractivity contribution in [3.8, 4) is 0 Å². The van der Waals surface area contributed by atoms with Gasteiger partial charge in [-0.05, 0) is 72.2 Å². The second-order valence-corrected chi connectivity index (χ2v) is 10.8. The van der Waals surface area contributed by atoms with Crippen molar-refractivity contribution in [3.05, 3.63) is 99.0 Å². The van der Waals surface area contributed by atoms with Crippen molar-refractivity contribution in [1.29, 1.82) is 0 Å². The number of carboxylic acids is 1. The minimum absolute atomic E-state index is 0.0593. The Labute approximate surface area is 238 Å². The van der Waals surface area contributed by atoms with Crippen LogP contribution < -0.4 is 10.6 Å². The molecule has 2 amide bonds.